The standard InChI is InChI=1S/C10H20O6.C8H18N/c1-13-4-5-15-8-9-16-7-6-14-3-2-10(11)12;1-3-9(2)7-5-4-6-8-9/h2-9H2,1H3,(H,11,12);3-8H2,1-2H3/q;+1/p-1. The Balaban J connectivity index is 0.000000535. The number of carboxylic acids is 1. The minimum absolute atomic E-state index is 0.0832. The Hall–Kier alpha value is -0.730. The molecule has 0 bridgehead atoms. The van der Waals surface area contributed by atoms with Crippen LogP contribution in [0.5, 0.6) is 0 Å². The second kappa shape index (κ2) is 16.7. The van der Waals surface area contributed by atoms with Crippen LogP contribution >= 0.6 is 0 Å². The summed E-state index contributed by atoms with van der Waals surface area (Å²) in [5.41, 5.74) is 0. The average molecular weight is 363 g/mol. The van der Waals surface area contributed by atoms with Crippen LogP contribution in [0.15, 0.2) is 0 Å². The molecule has 0 radical (unpaired) electrons. The van der Waals surface area contributed by atoms with Crippen molar-refractivity contribution in [2.24, 2.45) is 0 Å². The fourth-order valence-corrected chi connectivity index (χ4v) is 2.43. The van der Waals surface area contributed by atoms with E-state index in [9.17, 15) is 9.90 Å². The first-order valence-corrected chi connectivity index (χ1v) is 9.29. The zero-order chi connectivity index (χ0) is 18.8. The van der Waals surface area contributed by atoms with Crippen LogP contribution in [0.3, 0.4) is 0 Å². The second-order valence-electron chi connectivity index (χ2n) is 6.40. The molecule has 0 atom stereocenters. The van der Waals surface area contributed by atoms with Crippen LogP contribution in [0, 0.1) is 0 Å². The molecule has 0 spiro atoms. The van der Waals surface area contributed by atoms with Gasteiger partial charge in [0.15, 0.2) is 0 Å². The predicted octanol–water partition coefficient (Wildman–Crippen LogP) is 0.459. The number of carbonyl (C=O) groups is 1. The first kappa shape index (κ1) is 24.3. The fraction of sp³-hybridized carbons (Fsp3) is 0.944. The van der Waals surface area contributed by atoms with Gasteiger partial charge in [-0.15, -0.1) is 0 Å². The predicted molar refractivity (Wildman–Crippen MR) is 94.3 cm³/mol. The van der Waals surface area contributed by atoms with Gasteiger partial charge in [-0.05, 0) is 26.2 Å². The maximum atomic E-state index is 10.0. The van der Waals surface area contributed by atoms with Crippen LogP contribution in [0.2, 0.25) is 0 Å². The topological polar surface area (TPSA) is 77.0 Å². The minimum atomic E-state index is -1.10. The van der Waals surface area contributed by atoms with E-state index in [0.29, 0.717) is 39.6 Å². The van der Waals surface area contributed by atoms with Crippen molar-refractivity contribution in [1.29, 1.82) is 0 Å². The summed E-state index contributed by atoms with van der Waals surface area (Å²) in [6, 6.07) is 0. The van der Waals surface area contributed by atoms with Crippen LogP contribution < -0.4 is 5.11 Å². The van der Waals surface area contributed by atoms with Gasteiger partial charge in [0.25, 0.3) is 0 Å². The molecule has 1 saturated heterocycles. The summed E-state index contributed by atoms with van der Waals surface area (Å²) in [6.45, 7) is 9.56. The van der Waals surface area contributed by atoms with Gasteiger partial charge in [0, 0.05) is 19.5 Å². The van der Waals surface area contributed by atoms with Gasteiger partial charge >= 0.3 is 0 Å². The number of quaternary nitrogens is 1. The number of methoxy groups -OCH3 is 1. The number of piperidine rings is 1. The van der Waals surface area contributed by atoms with Crippen LogP contribution in [0.1, 0.15) is 32.6 Å². The molecule has 0 saturated carbocycles. The van der Waals surface area contributed by atoms with E-state index in [1.54, 1.807) is 7.11 Å². The highest BCUT2D eigenvalue weighted by molar-refractivity contribution is 5.64. The van der Waals surface area contributed by atoms with Crippen molar-refractivity contribution in [3.63, 3.8) is 0 Å². The van der Waals surface area contributed by atoms with Gasteiger partial charge in [-0.1, -0.05) is 0 Å². The van der Waals surface area contributed by atoms with Gasteiger partial charge in [-0.3, -0.25) is 0 Å². The van der Waals surface area contributed by atoms with Gasteiger partial charge in [-0.2, -0.15) is 0 Å². The van der Waals surface area contributed by atoms with Gasteiger partial charge in [-0.25, -0.2) is 0 Å². The molecule has 0 aliphatic carbocycles. The van der Waals surface area contributed by atoms with Crippen molar-refractivity contribution < 1.29 is 33.3 Å². The number of hydrogen-bond donors (Lipinski definition) is 0. The van der Waals surface area contributed by atoms with Crippen LogP contribution in [0.4, 0.5) is 0 Å². The van der Waals surface area contributed by atoms with Gasteiger partial charge in [0.1, 0.15) is 0 Å². The molecule has 7 nitrogen and oxygen atoms in total. The molecule has 0 unspecified atom stereocenters. The molecule has 0 aromatic heterocycles. The number of ether oxygens (including phenoxy) is 4. The molecule has 0 aromatic carbocycles. The van der Waals surface area contributed by atoms with E-state index in [4.69, 9.17) is 18.9 Å². The minimum Gasteiger partial charge on any atom is -0.550 e. The van der Waals surface area contributed by atoms with Crippen LogP contribution in [-0.4, -0.2) is 90.5 Å². The number of carboxylic acid groups (broad SMARTS) is 1. The zero-order valence-electron chi connectivity index (χ0n) is 16.3. The average Bonchev–Trinajstić information content (AvgIpc) is 2.61. The lowest BCUT2D eigenvalue weighted by atomic mass is 10.1. The third kappa shape index (κ3) is 16.5. The lowest BCUT2D eigenvalue weighted by Gasteiger charge is -2.36. The molecular formula is C18H37NO6. The van der Waals surface area contributed by atoms with Crippen molar-refractivity contribution in [3.05, 3.63) is 0 Å². The molecule has 1 aliphatic rings. The largest absolute Gasteiger partial charge is 0.550 e. The van der Waals surface area contributed by atoms with Gasteiger partial charge in [0.05, 0.1) is 72.9 Å². The van der Waals surface area contributed by atoms with Crippen LogP contribution in [-0.2, 0) is 23.7 Å². The molecule has 150 valence electrons. The lowest BCUT2D eigenvalue weighted by molar-refractivity contribution is -0.912. The molecule has 1 aliphatic heterocycles. The summed E-state index contributed by atoms with van der Waals surface area (Å²) in [7, 11) is 3.99. The molecule has 25 heavy (non-hydrogen) atoms. The number of carbonyl (C=O) groups excluding carboxylic acids is 1. The molecule has 1 fully saturated rings. The first-order chi connectivity index (χ1) is 12.0. The third-order valence-electron chi connectivity index (χ3n) is 4.29. The lowest BCUT2D eigenvalue weighted by Crippen LogP contribution is -2.47. The van der Waals surface area contributed by atoms with Gasteiger partial charge in [0.2, 0.25) is 0 Å². The molecular weight excluding hydrogens is 326 g/mol. The summed E-state index contributed by atoms with van der Waals surface area (Å²) < 4.78 is 21.4. The maximum Gasteiger partial charge on any atom is 0.0784 e. The normalized spacial score (nSPS) is 16.1. The fourth-order valence-electron chi connectivity index (χ4n) is 2.43. The summed E-state index contributed by atoms with van der Waals surface area (Å²) in [5.74, 6) is -1.10. The Kier molecular flexibility index (Phi) is 16.2. The highest BCUT2D eigenvalue weighted by atomic mass is 16.6. The first-order valence-electron chi connectivity index (χ1n) is 9.29. The maximum absolute atomic E-state index is 10.0. The Morgan fingerprint density at radius 1 is 0.880 bits per heavy atom. The monoisotopic (exact) mass is 363 g/mol. The van der Waals surface area contributed by atoms with E-state index >= 15 is 0 Å². The highest BCUT2D eigenvalue weighted by Crippen LogP contribution is 2.14. The molecule has 1 rings (SSSR count). The van der Waals surface area contributed by atoms with E-state index in [0.717, 1.165) is 0 Å². The van der Waals surface area contributed by atoms with E-state index in [-0.39, 0.29) is 13.0 Å². The summed E-state index contributed by atoms with van der Waals surface area (Å²) in [5, 5.41) is 10.0. The van der Waals surface area contributed by atoms with Crippen molar-refractivity contribution >= 4 is 5.97 Å². The number of hydrogen-bond acceptors (Lipinski definition) is 6. The number of nitrogens with zero attached hydrogens (tertiary/aromatic N) is 1. The quantitative estimate of drug-likeness (QED) is 0.349. The molecule has 1 heterocycles. The Bertz CT molecular complexity index is 308. The summed E-state index contributed by atoms with van der Waals surface area (Å²) >= 11 is 0. The van der Waals surface area contributed by atoms with E-state index in [2.05, 4.69) is 14.0 Å². The second-order valence-corrected chi connectivity index (χ2v) is 6.40. The Morgan fingerprint density at radius 2 is 1.36 bits per heavy atom. The van der Waals surface area contributed by atoms with Crippen molar-refractivity contribution in [2.45, 2.75) is 32.6 Å². The smallest absolute Gasteiger partial charge is 0.0784 e. The van der Waals surface area contributed by atoms with Crippen molar-refractivity contribution in [2.75, 3.05) is 80.0 Å². The zero-order valence-corrected chi connectivity index (χ0v) is 16.3. The SMILES string of the molecule is CC[N+]1(C)CCCCC1.COCCOCCOCCOCCC(=O)[O-]. The molecule has 0 N–H and O–H groups in total. The number of rotatable bonds is 13. The molecule has 7 heteroatoms. The van der Waals surface area contributed by atoms with Crippen molar-refractivity contribution in [1.82, 2.24) is 0 Å². The molecule has 0 aromatic rings. The summed E-state index contributed by atoms with van der Waals surface area (Å²) in [4.78, 5) is 10.0. The van der Waals surface area contributed by atoms with E-state index in [1.807, 2.05) is 0 Å². The van der Waals surface area contributed by atoms with Crippen LogP contribution in [0.25, 0.3) is 0 Å². The van der Waals surface area contributed by atoms with E-state index < -0.39 is 5.97 Å². The third-order valence-corrected chi connectivity index (χ3v) is 4.29. The summed E-state index contributed by atoms with van der Waals surface area (Å²) in [6.07, 6.45) is 4.28. The van der Waals surface area contributed by atoms with Gasteiger partial charge < -0.3 is 33.3 Å². The number of aliphatic carboxylic acids is 1. The molecule has 0 amide bonds. The Labute approximate surface area is 152 Å². The highest BCUT2D eigenvalue weighted by Gasteiger charge is 2.21. The van der Waals surface area contributed by atoms with E-state index in [1.165, 1.54) is 43.4 Å². The Morgan fingerprint density at radius 3 is 1.76 bits per heavy atom. The van der Waals surface area contributed by atoms with Crippen molar-refractivity contribution in [3.8, 4) is 0 Å². The number of likely N-dealkylation sites (tertiary alicyclic amines) is 1.